The average molecular weight is 273 g/mol. The molecule has 0 unspecified atom stereocenters. The molecule has 0 aliphatic heterocycles. The van der Waals surface area contributed by atoms with Gasteiger partial charge in [0.25, 0.3) is 0 Å². The van der Waals surface area contributed by atoms with E-state index in [4.69, 9.17) is 11.6 Å². The second kappa shape index (κ2) is 4.40. The van der Waals surface area contributed by atoms with Gasteiger partial charge in [0.15, 0.2) is 0 Å². The number of aromatic amines is 1. The minimum absolute atomic E-state index is 0.217. The average Bonchev–Trinajstić information content (AvgIpc) is 2.89. The molecule has 2 N–H and O–H groups in total. The molecule has 0 radical (unpaired) electrons. The molecular formula is C14H9ClN2O2. The van der Waals surface area contributed by atoms with Crippen molar-refractivity contribution in [3.63, 3.8) is 0 Å². The summed E-state index contributed by atoms with van der Waals surface area (Å²) in [7, 11) is 0. The maximum Gasteiger partial charge on any atom is 0.337 e. The lowest BCUT2D eigenvalue weighted by atomic mass is 10.0. The first-order valence-corrected chi connectivity index (χ1v) is 6.00. The summed E-state index contributed by atoms with van der Waals surface area (Å²) in [6.07, 6.45) is 4.77. The zero-order valence-electron chi connectivity index (χ0n) is 9.72. The molecule has 0 spiro atoms. The number of H-pyrrole nitrogens is 1. The number of rotatable bonds is 2. The van der Waals surface area contributed by atoms with E-state index in [1.807, 2.05) is 6.07 Å². The molecule has 94 valence electrons. The van der Waals surface area contributed by atoms with Crippen LogP contribution in [0.1, 0.15) is 10.4 Å². The molecule has 2 heterocycles. The molecule has 1 aromatic carbocycles. The maximum atomic E-state index is 11.2. The zero-order valence-corrected chi connectivity index (χ0v) is 10.5. The van der Waals surface area contributed by atoms with Gasteiger partial charge in [-0.2, -0.15) is 0 Å². The van der Waals surface area contributed by atoms with Crippen molar-refractivity contribution in [3.8, 4) is 11.1 Å². The van der Waals surface area contributed by atoms with Gasteiger partial charge < -0.3 is 10.1 Å². The number of hydrogen-bond acceptors (Lipinski definition) is 2. The number of nitrogens with zero attached hydrogens (tertiary/aromatic N) is 1. The molecule has 3 aromatic rings. The Morgan fingerprint density at radius 1 is 1.21 bits per heavy atom. The lowest BCUT2D eigenvalue weighted by molar-refractivity contribution is 0.0698. The molecule has 0 saturated carbocycles. The number of aromatic nitrogens is 2. The van der Waals surface area contributed by atoms with Crippen molar-refractivity contribution in [2.75, 3.05) is 0 Å². The van der Waals surface area contributed by atoms with Crippen LogP contribution in [0.4, 0.5) is 0 Å². The highest BCUT2D eigenvalue weighted by atomic mass is 35.5. The Morgan fingerprint density at radius 3 is 2.84 bits per heavy atom. The number of carboxylic acids is 1. The van der Waals surface area contributed by atoms with Gasteiger partial charge in [0.05, 0.1) is 16.1 Å². The number of fused-ring (bicyclic) bond motifs is 1. The zero-order chi connectivity index (χ0) is 13.4. The topological polar surface area (TPSA) is 66.0 Å². The largest absolute Gasteiger partial charge is 0.478 e. The maximum absolute atomic E-state index is 11.2. The second-order valence-electron chi connectivity index (χ2n) is 4.08. The summed E-state index contributed by atoms with van der Waals surface area (Å²) in [5, 5.41) is 10.6. The number of carboxylic acid groups (broad SMARTS) is 1. The minimum atomic E-state index is -0.977. The van der Waals surface area contributed by atoms with E-state index >= 15 is 0 Å². The van der Waals surface area contributed by atoms with Gasteiger partial charge in [-0.3, -0.25) is 4.98 Å². The quantitative estimate of drug-likeness (QED) is 0.749. The second-order valence-corrected chi connectivity index (χ2v) is 4.49. The molecule has 0 bridgehead atoms. The van der Waals surface area contributed by atoms with Gasteiger partial charge in [0, 0.05) is 35.1 Å². The molecule has 0 fully saturated rings. The smallest absolute Gasteiger partial charge is 0.337 e. The fourth-order valence-corrected chi connectivity index (χ4v) is 2.33. The van der Waals surface area contributed by atoms with Crippen molar-refractivity contribution in [3.05, 3.63) is 53.4 Å². The van der Waals surface area contributed by atoms with E-state index in [-0.39, 0.29) is 5.56 Å². The summed E-state index contributed by atoms with van der Waals surface area (Å²) in [6, 6.07) is 7.20. The summed E-state index contributed by atoms with van der Waals surface area (Å²) in [5.41, 5.74) is 2.26. The van der Waals surface area contributed by atoms with E-state index in [9.17, 15) is 9.90 Å². The predicted octanol–water partition coefficient (Wildman–Crippen LogP) is 3.58. The van der Waals surface area contributed by atoms with Gasteiger partial charge in [0.1, 0.15) is 0 Å². The molecular weight excluding hydrogens is 264 g/mol. The summed E-state index contributed by atoms with van der Waals surface area (Å²) < 4.78 is 0. The molecule has 5 heteroatoms. The van der Waals surface area contributed by atoms with Gasteiger partial charge >= 0.3 is 5.97 Å². The van der Waals surface area contributed by atoms with E-state index in [1.54, 1.807) is 30.6 Å². The number of carbonyl (C=O) groups is 1. The van der Waals surface area contributed by atoms with Gasteiger partial charge in [-0.25, -0.2) is 4.79 Å². The summed E-state index contributed by atoms with van der Waals surface area (Å²) in [4.78, 5) is 18.3. The van der Waals surface area contributed by atoms with Gasteiger partial charge in [-0.15, -0.1) is 0 Å². The van der Waals surface area contributed by atoms with Crippen molar-refractivity contribution >= 4 is 28.5 Å². The van der Waals surface area contributed by atoms with Crippen molar-refractivity contribution in [1.29, 1.82) is 0 Å². The highest BCUT2D eigenvalue weighted by molar-refractivity contribution is 6.35. The predicted molar refractivity (Wildman–Crippen MR) is 73.5 cm³/mol. The van der Waals surface area contributed by atoms with Crippen molar-refractivity contribution < 1.29 is 9.90 Å². The van der Waals surface area contributed by atoms with Crippen LogP contribution in [0.3, 0.4) is 0 Å². The molecule has 19 heavy (non-hydrogen) atoms. The number of hydrogen-bond donors (Lipinski definition) is 2. The summed E-state index contributed by atoms with van der Waals surface area (Å²) in [6.45, 7) is 0. The number of halogens is 1. The van der Waals surface area contributed by atoms with Crippen LogP contribution in [0.5, 0.6) is 0 Å². The Kier molecular flexibility index (Phi) is 2.72. The van der Waals surface area contributed by atoms with Crippen LogP contribution in [0.2, 0.25) is 5.02 Å². The Labute approximate surface area is 113 Å². The van der Waals surface area contributed by atoms with Crippen molar-refractivity contribution in [1.82, 2.24) is 9.97 Å². The number of pyridine rings is 1. The monoisotopic (exact) mass is 272 g/mol. The summed E-state index contributed by atoms with van der Waals surface area (Å²) >= 11 is 6.13. The van der Waals surface area contributed by atoms with Crippen molar-refractivity contribution in [2.24, 2.45) is 0 Å². The van der Waals surface area contributed by atoms with Crippen LogP contribution in [0, 0.1) is 0 Å². The fraction of sp³-hybridized carbons (Fsp3) is 0. The number of nitrogens with one attached hydrogen (secondary N) is 1. The third kappa shape index (κ3) is 1.86. The molecule has 0 aliphatic carbocycles. The Bertz CT molecular complexity index is 780. The third-order valence-electron chi connectivity index (χ3n) is 2.98. The van der Waals surface area contributed by atoms with Gasteiger partial charge in [-0.05, 0) is 18.2 Å². The standard InChI is InChI=1S/C14H9ClN2O2/c15-12-4-3-8(13-9(12)2-1-5-17-13)10-6-16-7-11(10)14(18)19/h1-7,16H,(H,18,19). The number of benzene rings is 1. The Hall–Kier alpha value is -2.33. The third-order valence-corrected chi connectivity index (χ3v) is 3.31. The van der Waals surface area contributed by atoms with Crippen molar-refractivity contribution in [2.45, 2.75) is 0 Å². The number of aromatic carboxylic acids is 1. The van der Waals surface area contributed by atoms with Crippen LogP contribution in [-0.2, 0) is 0 Å². The van der Waals surface area contributed by atoms with Gasteiger partial charge in [-0.1, -0.05) is 17.7 Å². The van der Waals surface area contributed by atoms with Crippen LogP contribution >= 0.6 is 11.6 Å². The highest BCUT2D eigenvalue weighted by Gasteiger charge is 2.16. The lowest BCUT2D eigenvalue weighted by Crippen LogP contribution is -1.96. The fourth-order valence-electron chi connectivity index (χ4n) is 2.12. The van der Waals surface area contributed by atoms with E-state index in [2.05, 4.69) is 9.97 Å². The summed E-state index contributed by atoms with van der Waals surface area (Å²) in [5.74, 6) is -0.977. The van der Waals surface area contributed by atoms with Crippen LogP contribution < -0.4 is 0 Å². The molecule has 0 aliphatic rings. The first-order chi connectivity index (χ1) is 9.18. The molecule has 0 saturated heterocycles. The van der Waals surface area contributed by atoms with Crippen LogP contribution in [0.25, 0.3) is 22.0 Å². The highest BCUT2D eigenvalue weighted by Crippen LogP contribution is 2.33. The first-order valence-electron chi connectivity index (χ1n) is 5.62. The van der Waals surface area contributed by atoms with Crippen LogP contribution in [0.15, 0.2) is 42.9 Å². The molecule has 0 atom stereocenters. The molecule has 4 nitrogen and oxygen atoms in total. The SMILES string of the molecule is O=C(O)c1c[nH]cc1-c1ccc(Cl)c2cccnc12. The molecule has 3 rings (SSSR count). The normalized spacial score (nSPS) is 10.8. The molecule has 0 amide bonds. The Balaban J connectivity index is 2.35. The van der Waals surface area contributed by atoms with E-state index < -0.39 is 5.97 Å². The van der Waals surface area contributed by atoms with Gasteiger partial charge in [0.2, 0.25) is 0 Å². The van der Waals surface area contributed by atoms with Crippen LogP contribution in [-0.4, -0.2) is 21.0 Å². The lowest BCUT2D eigenvalue weighted by Gasteiger charge is -2.06. The molecule has 2 aromatic heterocycles. The van der Waals surface area contributed by atoms with E-state index in [0.717, 1.165) is 10.9 Å². The Morgan fingerprint density at radius 2 is 2.05 bits per heavy atom. The van der Waals surface area contributed by atoms with E-state index in [0.29, 0.717) is 16.1 Å². The van der Waals surface area contributed by atoms with E-state index in [1.165, 1.54) is 6.20 Å². The minimum Gasteiger partial charge on any atom is -0.478 e. The first kappa shape index (κ1) is 11.7.